The number of rotatable bonds is 5. The van der Waals surface area contributed by atoms with E-state index >= 15 is 0 Å². The molecule has 2 N–H and O–H groups in total. The second kappa shape index (κ2) is 6.38. The zero-order chi connectivity index (χ0) is 10.4. The highest BCUT2D eigenvalue weighted by molar-refractivity contribution is 4.76. The van der Waals surface area contributed by atoms with Crippen LogP contribution in [0.5, 0.6) is 0 Å². The van der Waals surface area contributed by atoms with Crippen molar-refractivity contribution in [2.45, 2.75) is 38.3 Å². The van der Waals surface area contributed by atoms with Gasteiger partial charge in [0.1, 0.15) is 0 Å². The van der Waals surface area contributed by atoms with Crippen molar-refractivity contribution in [2.75, 3.05) is 33.7 Å². The molecule has 14 heavy (non-hydrogen) atoms. The van der Waals surface area contributed by atoms with E-state index in [1.165, 1.54) is 25.8 Å². The third kappa shape index (κ3) is 4.94. The van der Waals surface area contributed by atoms with Gasteiger partial charge in [0.25, 0.3) is 0 Å². The van der Waals surface area contributed by atoms with Crippen LogP contribution in [-0.2, 0) is 0 Å². The zero-order valence-electron chi connectivity index (χ0n) is 9.84. The molecule has 84 valence electrons. The molecule has 3 nitrogen and oxygen atoms in total. The first kappa shape index (κ1) is 12.0. The van der Waals surface area contributed by atoms with E-state index in [4.69, 9.17) is 0 Å². The summed E-state index contributed by atoms with van der Waals surface area (Å²) < 4.78 is 0. The first-order valence-electron chi connectivity index (χ1n) is 5.80. The van der Waals surface area contributed by atoms with E-state index in [9.17, 15) is 0 Å². The number of hydrogen-bond acceptors (Lipinski definition) is 3. The normalized spacial score (nSPS) is 25.3. The van der Waals surface area contributed by atoms with Crippen LogP contribution < -0.4 is 10.6 Å². The van der Waals surface area contributed by atoms with E-state index in [1.807, 2.05) is 0 Å². The topological polar surface area (TPSA) is 27.3 Å². The Hall–Kier alpha value is -0.120. The van der Waals surface area contributed by atoms with E-state index < -0.39 is 0 Å². The fourth-order valence-corrected chi connectivity index (χ4v) is 2.05. The van der Waals surface area contributed by atoms with Crippen LogP contribution in [-0.4, -0.2) is 50.7 Å². The van der Waals surface area contributed by atoms with Gasteiger partial charge in [0, 0.05) is 25.2 Å². The second-order valence-electron chi connectivity index (χ2n) is 4.72. The molecule has 0 aromatic rings. The summed E-state index contributed by atoms with van der Waals surface area (Å²) >= 11 is 0. The molecular formula is C11H25N3. The average molecular weight is 199 g/mol. The van der Waals surface area contributed by atoms with E-state index in [0.29, 0.717) is 12.1 Å². The molecule has 3 heteroatoms. The standard InChI is InChI=1S/C11H25N3/c1-10(9-14(2)3)13-8-11-6-4-5-7-12-11/h10-13H,4-9H2,1-3H3. The molecule has 0 spiro atoms. The van der Waals surface area contributed by atoms with E-state index in [-0.39, 0.29) is 0 Å². The molecule has 1 saturated heterocycles. The molecule has 0 amide bonds. The highest BCUT2D eigenvalue weighted by atomic mass is 15.1. The third-order valence-electron chi connectivity index (χ3n) is 2.76. The molecule has 0 saturated carbocycles. The molecule has 0 aromatic carbocycles. The Balaban J connectivity index is 2.06. The maximum atomic E-state index is 3.58. The lowest BCUT2D eigenvalue weighted by molar-refractivity contribution is 0.322. The molecule has 0 aromatic heterocycles. The number of nitrogens with zero attached hydrogens (tertiary/aromatic N) is 1. The maximum Gasteiger partial charge on any atom is 0.0192 e. The van der Waals surface area contributed by atoms with Crippen molar-refractivity contribution in [3.8, 4) is 0 Å². The molecule has 2 atom stereocenters. The predicted molar refractivity (Wildman–Crippen MR) is 61.7 cm³/mol. The van der Waals surface area contributed by atoms with Crippen LogP contribution in [0, 0.1) is 0 Å². The minimum absolute atomic E-state index is 0.591. The number of nitrogens with one attached hydrogen (secondary N) is 2. The van der Waals surface area contributed by atoms with Crippen molar-refractivity contribution in [1.29, 1.82) is 0 Å². The molecule has 0 bridgehead atoms. The summed E-state index contributed by atoms with van der Waals surface area (Å²) in [6.45, 7) is 5.69. The molecule has 1 aliphatic heterocycles. The van der Waals surface area contributed by atoms with Gasteiger partial charge in [0.15, 0.2) is 0 Å². The van der Waals surface area contributed by atoms with Crippen LogP contribution in [0.4, 0.5) is 0 Å². The minimum atomic E-state index is 0.591. The first-order chi connectivity index (χ1) is 6.68. The Kier molecular flexibility index (Phi) is 5.45. The van der Waals surface area contributed by atoms with Gasteiger partial charge in [0.05, 0.1) is 0 Å². The predicted octanol–water partition coefficient (Wildman–Crippen LogP) is 0.668. The SMILES string of the molecule is CC(CN(C)C)NCC1CCCCN1. The highest BCUT2D eigenvalue weighted by Crippen LogP contribution is 2.05. The average Bonchev–Trinajstić information content (AvgIpc) is 2.15. The van der Waals surface area contributed by atoms with Gasteiger partial charge >= 0.3 is 0 Å². The van der Waals surface area contributed by atoms with Gasteiger partial charge in [-0.2, -0.15) is 0 Å². The van der Waals surface area contributed by atoms with Crippen LogP contribution in [0.2, 0.25) is 0 Å². The van der Waals surface area contributed by atoms with Crippen LogP contribution in [0.25, 0.3) is 0 Å². The summed E-state index contributed by atoms with van der Waals surface area (Å²) in [7, 11) is 4.24. The molecule has 2 unspecified atom stereocenters. The van der Waals surface area contributed by atoms with E-state index in [2.05, 4.69) is 36.6 Å². The number of piperidine rings is 1. The lowest BCUT2D eigenvalue weighted by Gasteiger charge is -2.26. The monoisotopic (exact) mass is 199 g/mol. The molecular weight excluding hydrogens is 174 g/mol. The third-order valence-corrected chi connectivity index (χ3v) is 2.76. The van der Waals surface area contributed by atoms with Crippen LogP contribution in [0.1, 0.15) is 26.2 Å². The van der Waals surface area contributed by atoms with Crippen molar-refractivity contribution in [1.82, 2.24) is 15.5 Å². The lowest BCUT2D eigenvalue weighted by atomic mass is 10.0. The Bertz CT molecular complexity index is 141. The first-order valence-corrected chi connectivity index (χ1v) is 5.80. The largest absolute Gasteiger partial charge is 0.313 e. The molecule has 0 aliphatic carbocycles. The van der Waals surface area contributed by atoms with Gasteiger partial charge in [-0.1, -0.05) is 6.42 Å². The Morgan fingerprint density at radius 3 is 2.79 bits per heavy atom. The summed E-state index contributed by atoms with van der Waals surface area (Å²) in [5, 5.41) is 7.13. The summed E-state index contributed by atoms with van der Waals surface area (Å²) in [5.74, 6) is 0. The van der Waals surface area contributed by atoms with Gasteiger partial charge in [-0.3, -0.25) is 0 Å². The molecule has 1 rings (SSSR count). The van der Waals surface area contributed by atoms with Crippen LogP contribution >= 0.6 is 0 Å². The van der Waals surface area contributed by atoms with E-state index in [0.717, 1.165) is 13.1 Å². The maximum absolute atomic E-state index is 3.58. The summed E-state index contributed by atoms with van der Waals surface area (Å²) in [5.41, 5.74) is 0. The summed E-state index contributed by atoms with van der Waals surface area (Å²) in [6.07, 6.45) is 4.08. The van der Waals surface area contributed by atoms with Crippen molar-refractivity contribution in [2.24, 2.45) is 0 Å². The smallest absolute Gasteiger partial charge is 0.0192 e. The van der Waals surface area contributed by atoms with Crippen molar-refractivity contribution < 1.29 is 0 Å². The van der Waals surface area contributed by atoms with Gasteiger partial charge in [-0.05, 0) is 40.4 Å². The van der Waals surface area contributed by atoms with Gasteiger partial charge < -0.3 is 15.5 Å². The number of hydrogen-bond donors (Lipinski definition) is 2. The summed E-state index contributed by atoms with van der Waals surface area (Å²) in [4.78, 5) is 2.23. The molecule has 1 aliphatic rings. The van der Waals surface area contributed by atoms with Gasteiger partial charge in [-0.15, -0.1) is 0 Å². The fourth-order valence-electron chi connectivity index (χ4n) is 2.05. The lowest BCUT2D eigenvalue weighted by Crippen LogP contribution is -2.46. The highest BCUT2D eigenvalue weighted by Gasteiger charge is 2.13. The Morgan fingerprint density at radius 1 is 1.43 bits per heavy atom. The Labute approximate surface area is 88.2 Å². The quantitative estimate of drug-likeness (QED) is 0.681. The summed E-state index contributed by atoms with van der Waals surface area (Å²) in [6, 6.07) is 1.29. The zero-order valence-corrected chi connectivity index (χ0v) is 9.84. The van der Waals surface area contributed by atoms with Crippen molar-refractivity contribution >= 4 is 0 Å². The minimum Gasteiger partial charge on any atom is -0.313 e. The second-order valence-corrected chi connectivity index (χ2v) is 4.72. The van der Waals surface area contributed by atoms with Gasteiger partial charge in [0.2, 0.25) is 0 Å². The van der Waals surface area contributed by atoms with E-state index in [1.54, 1.807) is 0 Å². The number of likely N-dealkylation sites (N-methyl/N-ethyl adjacent to an activating group) is 1. The van der Waals surface area contributed by atoms with Gasteiger partial charge in [-0.25, -0.2) is 0 Å². The Morgan fingerprint density at radius 2 is 2.21 bits per heavy atom. The molecule has 1 fully saturated rings. The fraction of sp³-hybridized carbons (Fsp3) is 1.00. The van der Waals surface area contributed by atoms with Crippen molar-refractivity contribution in [3.05, 3.63) is 0 Å². The van der Waals surface area contributed by atoms with Crippen LogP contribution in [0.15, 0.2) is 0 Å². The van der Waals surface area contributed by atoms with Crippen LogP contribution in [0.3, 0.4) is 0 Å². The van der Waals surface area contributed by atoms with Crippen molar-refractivity contribution in [3.63, 3.8) is 0 Å². The molecule has 0 radical (unpaired) electrons. The molecule has 1 heterocycles.